The van der Waals surface area contributed by atoms with Crippen LogP contribution in [0.4, 0.5) is 0 Å². The van der Waals surface area contributed by atoms with E-state index in [4.69, 9.17) is 10.2 Å². The topological polar surface area (TPSA) is 147 Å². The van der Waals surface area contributed by atoms with Crippen LogP contribution in [-0.4, -0.2) is 55.4 Å². The molecule has 0 fully saturated rings. The number of hydrogen-bond donors (Lipinski definition) is 3. The first-order chi connectivity index (χ1) is 8.68. The highest BCUT2D eigenvalue weighted by molar-refractivity contribution is 7.89. The van der Waals surface area contributed by atoms with Gasteiger partial charge in [-0.05, 0) is 6.42 Å². The van der Waals surface area contributed by atoms with Gasteiger partial charge >= 0.3 is 17.9 Å². The van der Waals surface area contributed by atoms with Gasteiger partial charge in [-0.3, -0.25) is 14.4 Å². The number of carboxylic acid groups (broad SMARTS) is 2. The molecule has 0 aromatic rings. The molecule has 0 amide bonds. The number of carbonyl (C=O) groups is 3. The number of hydrogen-bond acceptors (Lipinski definition) is 6. The van der Waals surface area contributed by atoms with Crippen LogP contribution in [0.1, 0.15) is 19.3 Å². The molecule has 10 heteroatoms. The molecule has 0 aliphatic rings. The third-order valence-electron chi connectivity index (χ3n) is 2.02. The summed E-state index contributed by atoms with van der Waals surface area (Å²) in [5, 5.41) is 17.1. The van der Waals surface area contributed by atoms with E-state index in [9.17, 15) is 22.8 Å². The number of rotatable bonds is 9. The van der Waals surface area contributed by atoms with Gasteiger partial charge in [-0.2, -0.15) is 0 Å². The lowest BCUT2D eigenvalue weighted by atomic mass is 10.2. The van der Waals surface area contributed by atoms with E-state index in [1.165, 1.54) is 0 Å². The fourth-order valence-corrected chi connectivity index (χ4v) is 2.40. The monoisotopic (exact) mass is 297 g/mol. The summed E-state index contributed by atoms with van der Waals surface area (Å²) >= 11 is 0. The molecule has 0 aromatic heterocycles. The molecule has 0 saturated carbocycles. The van der Waals surface area contributed by atoms with E-state index in [1.54, 1.807) is 4.72 Å². The van der Waals surface area contributed by atoms with Crippen molar-refractivity contribution in [3.8, 4) is 0 Å². The maximum atomic E-state index is 11.5. The van der Waals surface area contributed by atoms with Crippen LogP contribution in [0.2, 0.25) is 0 Å². The lowest BCUT2D eigenvalue weighted by Crippen LogP contribution is -2.43. The summed E-state index contributed by atoms with van der Waals surface area (Å²) in [5.74, 6) is -4.11. The summed E-state index contributed by atoms with van der Waals surface area (Å²) in [5.41, 5.74) is 0. The Morgan fingerprint density at radius 1 is 1.26 bits per heavy atom. The number of methoxy groups -OCH3 is 1. The van der Waals surface area contributed by atoms with Gasteiger partial charge in [0.25, 0.3) is 0 Å². The Balaban J connectivity index is 4.43. The third-order valence-corrected chi connectivity index (χ3v) is 3.49. The molecular formula is C9H15NO8S. The van der Waals surface area contributed by atoms with Crippen LogP contribution in [0, 0.1) is 0 Å². The van der Waals surface area contributed by atoms with E-state index in [2.05, 4.69) is 4.74 Å². The number of carboxylic acids is 2. The summed E-state index contributed by atoms with van der Waals surface area (Å²) in [6, 6.07) is -1.74. The molecule has 0 saturated heterocycles. The minimum absolute atomic E-state index is 0.0541. The molecule has 3 N–H and O–H groups in total. The van der Waals surface area contributed by atoms with Crippen molar-refractivity contribution in [2.24, 2.45) is 0 Å². The van der Waals surface area contributed by atoms with Gasteiger partial charge in [0.05, 0.1) is 19.3 Å². The highest BCUT2D eigenvalue weighted by atomic mass is 32.2. The Kier molecular flexibility index (Phi) is 7.01. The van der Waals surface area contributed by atoms with Crippen molar-refractivity contribution >= 4 is 27.9 Å². The van der Waals surface area contributed by atoms with Crippen LogP contribution in [0.15, 0.2) is 0 Å². The Bertz CT molecular complexity index is 443. The highest BCUT2D eigenvalue weighted by Crippen LogP contribution is 2.01. The first-order valence-corrected chi connectivity index (χ1v) is 6.84. The van der Waals surface area contributed by atoms with Crippen LogP contribution in [-0.2, 0) is 29.1 Å². The molecule has 19 heavy (non-hydrogen) atoms. The second kappa shape index (κ2) is 7.69. The molecule has 0 aliphatic heterocycles. The lowest BCUT2D eigenvalue weighted by Gasteiger charge is -2.12. The van der Waals surface area contributed by atoms with Gasteiger partial charge in [0.1, 0.15) is 6.04 Å². The Morgan fingerprint density at radius 2 is 1.84 bits per heavy atom. The van der Waals surface area contributed by atoms with Gasteiger partial charge in [-0.25, -0.2) is 13.1 Å². The fraction of sp³-hybridized carbons (Fsp3) is 0.667. The highest BCUT2D eigenvalue weighted by Gasteiger charge is 2.26. The van der Waals surface area contributed by atoms with Crippen molar-refractivity contribution in [2.75, 3.05) is 12.9 Å². The van der Waals surface area contributed by atoms with Crippen molar-refractivity contribution in [1.29, 1.82) is 0 Å². The molecule has 1 atom stereocenters. The second-order valence-corrected chi connectivity index (χ2v) is 5.48. The van der Waals surface area contributed by atoms with Crippen molar-refractivity contribution in [1.82, 2.24) is 4.72 Å². The van der Waals surface area contributed by atoms with Gasteiger partial charge in [0.2, 0.25) is 10.0 Å². The van der Waals surface area contributed by atoms with Gasteiger partial charge in [-0.1, -0.05) is 0 Å². The van der Waals surface area contributed by atoms with Gasteiger partial charge < -0.3 is 14.9 Å². The summed E-state index contributed by atoms with van der Waals surface area (Å²) < 4.78 is 29.0. The van der Waals surface area contributed by atoms with E-state index in [1.807, 2.05) is 0 Å². The fourth-order valence-electron chi connectivity index (χ4n) is 1.14. The number of ether oxygens (including phenoxy) is 1. The molecule has 0 aromatic carbocycles. The molecule has 0 rings (SSSR count). The normalized spacial score (nSPS) is 12.7. The van der Waals surface area contributed by atoms with Crippen molar-refractivity contribution in [3.63, 3.8) is 0 Å². The van der Waals surface area contributed by atoms with E-state index in [0.29, 0.717) is 0 Å². The molecular weight excluding hydrogens is 282 g/mol. The lowest BCUT2D eigenvalue weighted by molar-refractivity contribution is -0.145. The zero-order valence-electron chi connectivity index (χ0n) is 10.2. The van der Waals surface area contributed by atoms with Gasteiger partial charge in [-0.15, -0.1) is 0 Å². The van der Waals surface area contributed by atoms with Crippen LogP contribution in [0.25, 0.3) is 0 Å². The summed E-state index contributed by atoms with van der Waals surface area (Å²) in [7, 11) is -2.82. The second-order valence-electron chi connectivity index (χ2n) is 3.61. The molecule has 0 aliphatic carbocycles. The third kappa shape index (κ3) is 8.11. The first-order valence-electron chi connectivity index (χ1n) is 5.19. The van der Waals surface area contributed by atoms with Crippen molar-refractivity contribution in [3.05, 3.63) is 0 Å². The van der Waals surface area contributed by atoms with Crippen molar-refractivity contribution < 1.29 is 37.8 Å². The summed E-state index contributed by atoms with van der Waals surface area (Å²) in [4.78, 5) is 31.8. The van der Waals surface area contributed by atoms with Crippen LogP contribution in [0.5, 0.6) is 0 Å². The summed E-state index contributed by atoms with van der Waals surface area (Å²) in [6.45, 7) is 0. The minimum Gasteiger partial charge on any atom is -0.481 e. The van der Waals surface area contributed by atoms with E-state index >= 15 is 0 Å². The Hall–Kier alpha value is -1.68. The molecule has 0 spiro atoms. The number of esters is 1. The smallest absolute Gasteiger partial charge is 0.322 e. The average Bonchev–Trinajstić information content (AvgIpc) is 2.26. The Labute approximate surface area is 109 Å². The zero-order chi connectivity index (χ0) is 15.1. The van der Waals surface area contributed by atoms with Crippen molar-refractivity contribution in [2.45, 2.75) is 25.3 Å². The maximum absolute atomic E-state index is 11.5. The van der Waals surface area contributed by atoms with E-state index in [-0.39, 0.29) is 12.8 Å². The van der Waals surface area contributed by atoms with Crippen LogP contribution in [0.3, 0.4) is 0 Å². The maximum Gasteiger partial charge on any atom is 0.322 e. The standard InChI is InChI=1S/C9H15NO8S/c1-18-8(13)3-2-4-19(16,17)10-6(9(14)15)5-7(11)12/h6,10H,2-5H2,1H3,(H,11,12)(H,14,15). The number of sulfonamides is 1. The zero-order valence-corrected chi connectivity index (χ0v) is 11.0. The number of nitrogens with one attached hydrogen (secondary N) is 1. The van der Waals surface area contributed by atoms with Crippen LogP contribution < -0.4 is 4.72 Å². The molecule has 0 bridgehead atoms. The molecule has 1 unspecified atom stereocenters. The predicted molar refractivity (Wildman–Crippen MR) is 61.8 cm³/mol. The molecule has 9 nitrogen and oxygen atoms in total. The number of carbonyl (C=O) groups excluding carboxylic acids is 1. The quantitative estimate of drug-likeness (QED) is 0.449. The van der Waals surface area contributed by atoms with E-state index in [0.717, 1.165) is 7.11 Å². The van der Waals surface area contributed by atoms with Crippen LogP contribution >= 0.6 is 0 Å². The number of aliphatic carboxylic acids is 2. The molecule has 0 radical (unpaired) electrons. The summed E-state index contributed by atoms with van der Waals surface area (Å²) in [6.07, 6.45) is -1.05. The largest absolute Gasteiger partial charge is 0.481 e. The van der Waals surface area contributed by atoms with Gasteiger partial charge in [0.15, 0.2) is 0 Å². The SMILES string of the molecule is COC(=O)CCCS(=O)(=O)NC(CC(=O)O)C(=O)O. The predicted octanol–water partition coefficient (Wildman–Crippen LogP) is -1.21. The average molecular weight is 297 g/mol. The minimum atomic E-state index is -3.98. The molecule has 110 valence electrons. The van der Waals surface area contributed by atoms with E-state index < -0.39 is 46.1 Å². The molecule has 0 heterocycles. The van der Waals surface area contributed by atoms with Gasteiger partial charge in [0, 0.05) is 6.42 Å². The first kappa shape index (κ1) is 17.3. The Morgan fingerprint density at radius 3 is 2.26 bits per heavy atom.